The number of para-hydroxylation sites is 1. The van der Waals surface area contributed by atoms with Crippen LogP contribution in [-0.2, 0) is 20.0 Å². The van der Waals surface area contributed by atoms with E-state index < -0.39 is 0 Å². The second kappa shape index (κ2) is 8.20. The first kappa shape index (κ1) is 20.4. The van der Waals surface area contributed by atoms with Crippen molar-refractivity contribution >= 4 is 37.9 Å². The summed E-state index contributed by atoms with van der Waals surface area (Å²) in [5.41, 5.74) is 2.48. The van der Waals surface area contributed by atoms with E-state index in [1.54, 1.807) is 10.6 Å². The summed E-state index contributed by atoms with van der Waals surface area (Å²) in [6.07, 6.45) is 0.656. The average Bonchev–Trinajstić information content (AvgIpc) is 2.82. The molecule has 6 heteroatoms. The van der Waals surface area contributed by atoms with Gasteiger partial charge in [0, 0.05) is 29.0 Å². The Morgan fingerprint density at radius 1 is 0.906 bits per heavy atom. The minimum atomic E-state index is -0.313. The number of nitrogens with zero attached hydrogens (tertiary/aromatic N) is 3. The van der Waals surface area contributed by atoms with Gasteiger partial charge in [-0.3, -0.25) is 14.2 Å². The molecule has 0 fully saturated rings. The van der Waals surface area contributed by atoms with E-state index in [0.29, 0.717) is 29.8 Å². The number of pyridine rings is 1. The summed E-state index contributed by atoms with van der Waals surface area (Å²) in [6.45, 7) is 0.420. The molecule has 3 aromatic carbocycles. The zero-order valence-corrected chi connectivity index (χ0v) is 19.0. The Balaban J connectivity index is 1.82. The molecule has 0 atom stereocenters. The molecule has 2 heterocycles. The molecule has 0 aliphatic rings. The first-order valence-corrected chi connectivity index (χ1v) is 11.2. The Hall–Kier alpha value is -3.51. The van der Waals surface area contributed by atoms with Crippen LogP contribution in [0.1, 0.15) is 5.56 Å². The van der Waals surface area contributed by atoms with Crippen LogP contribution in [-0.4, -0.2) is 14.1 Å². The number of hydrogen-bond acceptors (Lipinski definition) is 3. The molecule has 0 aliphatic heterocycles. The fourth-order valence-corrected chi connectivity index (χ4v) is 4.53. The summed E-state index contributed by atoms with van der Waals surface area (Å²) in [6, 6.07) is 25.0. The second-order valence-corrected chi connectivity index (χ2v) is 8.66. The van der Waals surface area contributed by atoms with Crippen LogP contribution in [0.4, 0.5) is 0 Å². The van der Waals surface area contributed by atoms with E-state index in [2.05, 4.69) is 15.9 Å². The fraction of sp³-hybridized carbons (Fsp3) is 0.115. The van der Waals surface area contributed by atoms with Gasteiger partial charge < -0.3 is 4.57 Å². The Morgan fingerprint density at radius 2 is 1.66 bits per heavy atom. The lowest BCUT2D eigenvalue weighted by atomic mass is 10.1. The third-order valence-corrected chi connectivity index (χ3v) is 6.25. The fourth-order valence-electron chi connectivity index (χ4n) is 4.13. The van der Waals surface area contributed by atoms with E-state index in [1.165, 1.54) is 0 Å². The number of aromatic nitrogens is 3. The van der Waals surface area contributed by atoms with Gasteiger partial charge in [-0.15, -0.1) is 0 Å². The predicted molar refractivity (Wildman–Crippen MR) is 132 cm³/mol. The van der Waals surface area contributed by atoms with Crippen molar-refractivity contribution in [2.75, 3.05) is 0 Å². The van der Waals surface area contributed by atoms with Crippen LogP contribution in [0.25, 0.3) is 33.3 Å². The van der Waals surface area contributed by atoms with Gasteiger partial charge in [0.15, 0.2) is 5.65 Å². The molecule has 0 saturated heterocycles. The molecular weight excluding hydrogens is 466 g/mol. The van der Waals surface area contributed by atoms with E-state index in [4.69, 9.17) is 4.98 Å². The van der Waals surface area contributed by atoms with E-state index in [-0.39, 0.29) is 16.4 Å². The molecule has 0 aliphatic carbocycles. The van der Waals surface area contributed by atoms with Crippen molar-refractivity contribution in [2.45, 2.75) is 13.0 Å². The zero-order chi connectivity index (χ0) is 22.2. The summed E-state index contributed by atoms with van der Waals surface area (Å²) in [7, 11) is 1.84. The van der Waals surface area contributed by atoms with Crippen molar-refractivity contribution in [3.63, 3.8) is 0 Å². The van der Waals surface area contributed by atoms with Gasteiger partial charge >= 0.3 is 0 Å². The van der Waals surface area contributed by atoms with Crippen LogP contribution in [0.5, 0.6) is 0 Å². The van der Waals surface area contributed by atoms with Crippen molar-refractivity contribution < 1.29 is 0 Å². The van der Waals surface area contributed by atoms with E-state index >= 15 is 0 Å². The van der Waals surface area contributed by atoms with Crippen LogP contribution >= 0.6 is 15.9 Å². The van der Waals surface area contributed by atoms with Gasteiger partial charge in [0.2, 0.25) is 5.43 Å². The Morgan fingerprint density at radius 3 is 2.44 bits per heavy atom. The highest BCUT2D eigenvalue weighted by atomic mass is 79.9. The summed E-state index contributed by atoms with van der Waals surface area (Å²) < 4.78 is 4.36. The van der Waals surface area contributed by atoms with Crippen molar-refractivity contribution in [3.05, 3.63) is 109 Å². The first-order valence-electron chi connectivity index (χ1n) is 10.4. The van der Waals surface area contributed by atoms with Gasteiger partial charge in [0.05, 0.1) is 5.52 Å². The minimum absolute atomic E-state index is 0.123. The van der Waals surface area contributed by atoms with Gasteiger partial charge in [-0.05, 0) is 36.2 Å². The molecule has 0 N–H and O–H groups in total. The largest absolute Gasteiger partial charge is 0.328 e. The highest BCUT2D eigenvalue weighted by Crippen LogP contribution is 2.23. The molecule has 5 rings (SSSR count). The van der Waals surface area contributed by atoms with Crippen LogP contribution < -0.4 is 11.0 Å². The monoisotopic (exact) mass is 485 g/mol. The molecule has 5 nitrogen and oxygen atoms in total. The lowest BCUT2D eigenvalue weighted by molar-refractivity contribution is 0.669. The highest BCUT2D eigenvalue weighted by molar-refractivity contribution is 9.10. The molecule has 158 valence electrons. The predicted octanol–water partition coefficient (Wildman–Crippen LogP) is 4.92. The molecule has 0 saturated carbocycles. The number of fused-ring (bicyclic) bond motifs is 2. The third kappa shape index (κ3) is 3.46. The molecule has 5 aromatic rings. The number of aryl methyl sites for hydroxylation is 2. The quantitative estimate of drug-likeness (QED) is 0.339. The van der Waals surface area contributed by atoms with Gasteiger partial charge in [0.1, 0.15) is 11.2 Å². The van der Waals surface area contributed by atoms with Gasteiger partial charge in [-0.2, -0.15) is 0 Å². The number of benzene rings is 3. The SMILES string of the molecule is Cn1c2ccccc2c(=O)c2c(=O)n(CCc3ccccc3)c(-c3cccc(Br)c3)nc21. The average molecular weight is 486 g/mol. The highest BCUT2D eigenvalue weighted by Gasteiger charge is 2.19. The van der Waals surface area contributed by atoms with E-state index in [0.717, 1.165) is 21.1 Å². The van der Waals surface area contributed by atoms with Crippen LogP contribution in [0.3, 0.4) is 0 Å². The maximum absolute atomic E-state index is 13.7. The topological polar surface area (TPSA) is 56.9 Å². The maximum Gasteiger partial charge on any atom is 0.267 e. The minimum Gasteiger partial charge on any atom is -0.328 e. The van der Waals surface area contributed by atoms with Gasteiger partial charge in [0.25, 0.3) is 5.56 Å². The van der Waals surface area contributed by atoms with Gasteiger partial charge in [-0.25, -0.2) is 4.98 Å². The van der Waals surface area contributed by atoms with Crippen LogP contribution in [0.2, 0.25) is 0 Å². The van der Waals surface area contributed by atoms with E-state index in [9.17, 15) is 9.59 Å². The second-order valence-electron chi connectivity index (χ2n) is 7.74. The normalized spacial score (nSPS) is 11.3. The standard InChI is InChI=1S/C26H20BrN3O2/c1-29-21-13-6-5-12-20(21)23(31)22-25(29)28-24(18-10-7-11-19(27)16-18)30(26(22)32)15-14-17-8-3-2-4-9-17/h2-13,16H,14-15H2,1H3. The molecule has 2 aromatic heterocycles. The Bertz CT molecular complexity index is 1590. The molecule has 0 unspecified atom stereocenters. The number of halogens is 1. The van der Waals surface area contributed by atoms with Gasteiger partial charge in [-0.1, -0.05) is 70.5 Å². The first-order chi connectivity index (χ1) is 15.5. The summed E-state index contributed by atoms with van der Waals surface area (Å²) in [4.78, 5) is 31.9. The van der Waals surface area contributed by atoms with Crippen LogP contribution in [0, 0.1) is 0 Å². The van der Waals surface area contributed by atoms with E-state index in [1.807, 2.05) is 84.4 Å². The number of hydrogen-bond donors (Lipinski definition) is 0. The maximum atomic E-state index is 13.7. The Labute approximate surface area is 192 Å². The lowest BCUT2D eigenvalue weighted by Gasteiger charge is -2.16. The molecule has 0 spiro atoms. The van der Waals surface area contributed by atoms with Crippen molar-refractivity contribution in [3.8, 4) is 11.4 Å². The third-order valence-electron chi connectivity index (χ3n) is 5.75. The van der Waals surface area contributed by atoms with Crippen LogP contribution in [0.15, 0.2) is 92.9 Å². The molecule has 0 radical (unpaired) electrons. The number of rotatable bonds is 4. The molecule has 32 heavy (non-hydrogen) atoms. The summed E-state index contributed by atoms with van der Waals surface area (Å²) in [5.74, 6) is 0.546. The molecule has 0 bridgehead atoms. The molecule has 0 amide bonds. The lowest BCUT2D eigenvalue weighted by Crippen LogP contribution is -2.29. The Kier molecular flexibility index (Phi) is 5.23. The smallest absolute Gasteiger partial charge is 0.267 e. The molecular formula is C26H20BrN3O2. The van der Waals surface area contributed by atoms with Crippen molar-refractivity contribution in [1.82, 2.24) is 14.1 Å². The summed E-state index contributed by atoms with van der Waals surface area (Å²) >= 11 is 3.52. The van der Waals surface area contributed by atoms with Crippen molar-refractivity contribution in [1.29, 1.82) is 0 Å². The van der Waals surface area contributed by atoms with Crippen molar-refractivity contribution in [2.24, 2.45) is 7.05 Å². The zero-order valence-electron chi connectivity index (χ0n) is 17.5. The summed E-state index contributed by atoms with van der Waals surface area (Å²) in [5, 5.41) is 0.643.